The molecule has 0 saturated carbocycles. The van der Waals surface area contributed by atoms with E-state index < -0.39 is 49.8 Å². The molecule has 5 N–H and O–H groups in total. The smallest absolute Gasteiger partial charge is 0.337 e. The first-order chi connectivity index (χ1) is 22.9. The van der Waals surface area contributed by atoms with Gasteiger partial charge in [0.05, 0.1) is 33.0 Å². The number of anilines is 2. The number of halogens is 2. The van der Waals surface area contributed by atoms with Crippen LogP contribution in [0.4, 0.5) is 20.3 Å². The lowest BCUT2D eigenvalue weighted by atomic mass is 9.84. The van der Waals surface area contributed by atoms with Gasteiger partial charge < -0.3 is 30.5 Å². The number of benzene rings is 2. The van der Waals surface area contributed by atoms with Crippen LogP contribution in [0.3, 0.4) is 0 Å². The molecule has 0 saturated heterocycles. The van der Waals surface area contributed by atoms with E-state index in [1.54, 1.807) is 20.9 Å². The number of carboxylic acid groups (broad SMARTS) is 1. The highest BCUT2D eigenvalue weighted by Gasteiger charge is 2.41. The van der Waals surface area contributed by atoms with Gasteiger partial charge in [-0.1, -0.05) is 13.8 Å². The minimum absolute atomic E-state index is 0.00174. The molecule has 49 heavy (non-hydrogen) atoms. The number of nitrogens with zero attached hydrogens (tertiary/aromatic N) is 5. The summed E-state index contributed by atoms with van der Waals surface area (Å²) in [7, 11) is 1.18. The lowest BCUT2D eigenvalue weighted by molar-refractivity contribution is 0.0696. The second-order valence-corrected chi connectivity index (χ2v) is 14.7. The number of sulfonamides is 1. The molecule has 0 unspecified atom stereocenters. The Kier molecular flexibility index (Phi) is 9.37. The summed E-state index contributed by atoms with van der Waals surface area (Å²) in [6.45, 7) is 4.27. The third-order valence-corrected chi connectivity index (χ3v) is 10.1. The molecular weight excluding hydrogens is 662 g/mol. The number of carboxylic acids is 1. The van der Waals surface area contributed by atoms with Crippen LogP contribution in [0.15, 0.2) is 53.7 Å². The fourth-order valence-corrected chi connectivity index (χ4v) is 7.34. The quantitative estimate of drug-likeness (QED) is 0.183. The molecule has 2 amide bonds. The highest BCUT2D eigenvalue weighted by molar-refractivity contribution is 7.89. The Hall–Kier alpha value is -5.13. The maximum absolute atomic E-state index is 14.0. The Morgan fingerprint density at radius 3 is 2.33 bits per heavy atom. The fraction of sp³-hybridized carbons (Fsp3) is 0.312. The van der Waals surface area contributed by atoms with Crippen molar-refractivity contribution in [3.63, 3.8) is 0 Å². The SMILES string of the molecule is CN(C)CCN(C)c1cc(C(N)=O)c(C(=O)Nc2n[nH]c3c2CN(S(=O)(=O)c2cc(F)cc(F)c2)CC3(C)C)cc1-n1ccc(C(=O)O)c1. The number of primary amides is 1. The number of rotatable bonds is 11. The van der Waals surface area contributed by atoms with Crippen molar-refractivity contribution >= 4 is 39.3 Å². The summed E-state index contributed by atoms with van der Waals surface area (Å²) in [6, 6.07) is 6.30. The number of aromatic carboxylic acids is 1. The summed E-state index contributed by atoms with van der Waals surface area (Å²) in [5.41, 5.74) is 6.33. The van der Waals surface area contributed by atoms with E-state index in [0.29, 0.717) is 41.8 Å². The average Bonchev–Trinajstić information content (AvgIpc) is 3.67. The minimum Gasteiger partial charge on any atom is -0.478 e. The van der Waals surface area contributed by atoms with Crippen molar-refractivity contribution in [1.82, 2.24) is 24.0 Å². The molecule has 0 aliphatic carbocycles. The van der Waals surface area contributed by atoms with Gasteiger partial charge in [0.2, 0.25) is 15.9 Å². The number of aromatic amines is 1. The number of fused-ring (bicyclic) bond motifs is 1. The molecule has 1 aliphatic rings. The highest BCUT2D eigenvalue weighted by atomic mass is 32.2. The maximum Gasteiger partial charge on any atom is 0.337 e. The molecule has 2 aromatic heterocycles. The average molecular weight is 699 g/mol. The van der Waals surface area contributed by atoms with Crippen LogP contribution in [0.1, 0.15) is 56.2 Å². The van der Waals surface area contributed by atoms with E-state index in [4.69, 9.17) is 5.73 Å². The third-order valence-electron chi connectivity index (χ3n) is 8.29. The van der Waals surface area contributed by atoms with E-state index in [9.17, 15) is 36.7 Å². The number of amides is 2. The molecule has 4 aromatic rings. The normalized spacial score (nSPS) is 14.4. The minimum atomic E-state index is -4.39. The molecule has 260 valence electrons. The lowest BCUT2D eigenvalue weighted by Gasteiger charge is -2.36. The lowest BCUT2D eigenvalue weighted by Crippen LogP contribution is -2.45. The number of carbonyl (C=O) groups excluding carboxylic acids is 2. The molecule has 5 rings (SSSR count). The van der Waals surface area contributed by atoms with Crippen molar-refractivity contribution in [2.75, 3.05) is 51.0 Å². The molecule has 0 radical (unpaired) electrons. The zero-order valence-corrected chi connectivity index (χ0v) is 28.2. The Bertz CT molecular complexity index is 2050. The predicted molar refractivity (Wildman–Crippen MR) is 177 cm³/mol. The van der Waals surface area contributed by atoms with E-state index in [1.165, 1.54) is 35.2 Å². The number of likely N-dealkylation sites (N-methyl/N-ethyl adjacent to an activating group) is 2. The van der Waals surface area contributed by atoms with Crippen LogP contribution in [0.2, 0.25) is 0 Å². The first-order valence-corrected chi connectivity index (χ1v) is 16.4. The summed E-state index contributed by atoms with van der Waals surface area (Å²) in [6.07, 6.45) is 2.89. The molecule has 17 heteroatoms. The third kappa shape index (κ3) is 7.04. The molecule has 0 spiro atoms. The van der Waals surface area contributed by atoms with Crippen molar-refractivity contribution in [2.24, 2.45) is 5.73 Å². The van der Waals surface area contributed by atoms with Crippen LogP contribution in [-0.2, 0) is 22.0 Å². The van der Waals surface area contributed by atoms with Crippen LogP contribution in [-0.4, -0.2) is 96.1 Å². The number of aromatic nitrogens is 3. The van der Waals surface area contributed by atoms with Gasteiger partial charge in [0.15, 0.2) is 5.82 Å². The summed E-state index contributed by atoms with van der Waals surface area (Å²) >= 11 is 0. The molecule has 3 heterocycles. The maximum atomic E-state index is 14.0. The number of carbonyl (C=O) groups is 3. The molecule has 14 nitrogen and oxygen atoms in total. The summed E-state index contributed by atoms with van der Waals surface area (Å²) in [4.78, 5) is 41.6. The summed E-state index contributed by atoms with van der Waals surface area (Å²) in [5, 5.41) is 19.3. The molecule has 0 bridgehead atoms. The summed E-state index contributed by atoms with van der Waals surface area (Å²) < 4.78 is 57.6. The molecule has 0 fully saturated rings. The van der Waals surface area contributed by atoms with Gasteiger partial charge in [0, 0.05) is 68.4 Å². The zero-order chi connectivity index (χ0) is 36.0. The van der Waals surface area contributed by atoms with Gasteiger partial charge in [-0.25, -0.2) is 22.0 Å². The predicted octanol–water partition coefficient (Wildman–Crippen LogP) is 3.01. The number of hydrogen-bond donors (Lipinski definition) is 4. The van der Waals surface area contributed by atoms with Gasteiger partial charge in [0.1, 0.15) is 11.6 Å². The molecule has 0 atom stereocenters. The van der Waals surface area contributed by atoms with Crippen molar-refractivity contribution in [1.29, 1.82) is 0 Å². The molecule has 1 aliphatic heterocycles. The van der Waals surface area contributed by atoms with Gasteiger partial charge in [-0.2, -0.15) is 9.40 Å². The number of nitrogens with two attached hydrogens (primary N) is 1. The largest absolute Gasteiger partial charge is 0.478 e. The molecule has 2 aromatic carbocycles. The highest BCUT2D eigenvalue weighted by Crippen LogP contribution is 2.38. The van der Waals surface area contributed by atoms with E-state index in [1.807, 2.05) is 23.9 Å². The summed E-state index contributed by atoms with van der Waals surface area (Å²) in [5.74, 6) is -4.99. The van der Waals surface area contributed by atoms with Gasteiger partial charge in [-0.05, 0) is 44.4 Å². The van der Waals surface area contributed by atoms with E-state index >= 15 is 0 Å². The first kappa shape index (κ1) is 35.2. The first-order valence-electron chi connectivity index (χ1n) is 15.0. The molecular formula is C32H36F2N8O6S. The van der Waals surface area contributed by atoms with Crippen molar-refractivity contribution in [2.45, 2.75) is 30.7 Å². The second-order valence-electron chi connectivity index (χ2n) is 12.7. The van der Waals surface area contributed by atoms with Crippen molar-refractivity contribution in [3.8, 4) is 5.69 Å². The standard InChI is InChI=1S/C32H36F2N8O6S/c1-32(2)17-42(49(47,48)21-11-19(33)10-20(34)12-21)16-24-27(32)37-38-29(24)36-30(44)23-14-26(41-7-6-18(15-41)31(45)46)25(13-22(23)28(35)43)40(5)9-8-39(3)4/h6-7,10-15H,8-9,16-17H2,1-5H3,(H2,35,43)(H,45,46)(H2,36,37,38,44). The van der Waals surface area contributed by atoms with Crippen LogP contribution < -0.4 is 16.0 Å². The monoisotopic (exact) mass is 698 g/mol. The van der Waals surface area contributed by atoms with Crippen LogP contribution in [0, 0.1) is 11.6 Å². The topological polar surface area (TPSA) is 187 Å². The van der Waals surface area contributed by atoms with Gasteiger partial charge >= 0.3 is 5.97 Å². The Morgan fingerprint density at radius 1 is 1.06 bits per heavy atom. The Labute approximate surface area is 281 Å². The van der Waals surface area contributed by atoms with Crippen molar-refractivity contribution in [3.05, 3.63) is 88.4 Å². The van der Waals surface area contributed by atoms with Crippen molar-refractivity contribution < 1.29 is 36.7 Å². The number of hydrogen-bond acceptors (Lipinski definition) is 8. The van der Waals surface area contributed by atoms with E-state index in [0.717, 1.165) is 16.4 Å². The van der Waals surface area contributed by atoms with Crippen LogP contribution in [0.5, 0.6) is 0 Å². The fourth-order valence-electron chi connectivity index (χ4n) is 5.73. The Morgan fingerprint density at radius 2 is 1.73 bits per heavy atom. The van der Waals surface area contributed by atoms with Gasteiger partial charge in [-0.3, -0.25) is 14.7 Å². The second kappa shape index (κ2) is 13.1. The number of H-pyrrole nitrogens is 1. The van der Waals surface area contributed by atoms with Crippen LogP contribution in [0.25, 0.3) is 5.69 Å². The van der Waals surface area contributed by atoms with E-state index in [2.05, 4.69) is 15.5 Å². The number of nitrogens with one attached hydrogen (secondary N) is 2. The van der Waals surface area contributed by atoms with Gasteiger partial charge in [-0.15, -0.1) is 0 Å². The van der Waals surface area contributed by atoms with Gasteiger partial charge in [0.25, 0.3) is 5.91 Å². The Balaban J connectivity index is 1.55. The zero-order valence-electron chi connectivity index (χ0n) is 27.4. The van der Waals surface area contributed by atoms with Crippen LogP contribution >= 0.6 is 0 Å². The van der Waals surface area contributed by atoms with E-state index in [-0.39, 0.29) is 35.6 Å².